The first-order valence-electron chi connectivity index (χ1n) is 15.4. The number of benzene rings is 3. The van der Waals surface area contributed by atoms with Gasteiger partial charge in [0.1, 0.15) is 18.4 Å². The van der Waals surface area contributed by atoms with Crippen LogP contribution < -0.4 is 9.64 Å². The van der Waals surface area contributed by atoms with E-state index in [1.165, 1.54) is 16.0 Å². The van der Waals surface area contributed by atoms with Gasteiger partial charge in [-0.15, -0.1) is 0 Å². The monoisotopic (exact) mass is 575 g/mol. The zero-order chi connectivity index (χ0) is 30.9. The molecule has 3 rings (SSSR count). The van der Waals surface area contributed by atoms with Crippen LogP contribution in [0.3, 0.4) is 0 Å². The lowest BCUT2D eigenvalue weighted by atomic mass is 9.82. The summed E-state index contributed by atoms with van der Waals surface area (Å²) in [5.41, 5.74) is 4.17. The molecule has 0 spiro atoms. The van der Waals surface area contributed by atoms with E-state index in [2.05, 4.69) is 65.0 Å². The topological polar surface area (TPSA) is 76.1 Å². The molecule has 0 saturated heterocycles. The van der Waals surface area contributed by atoms with Crippen molar-refractivity contribution in [2.75, 3.05) is 18.1 Å². The van der Waals surface area contributed by atoms with Gasteiger partial charge in [0.15, 0.2) is 0 Å². The number of fused-ring (bicyclic) bond motifs is 1. The Morgan fingerprint density at radius 3 is 2.38 bits per heavy atom. The van der Waals surface area contributed by atoms with Gasteiger partial charge in [-0.2, -0.15) is 0 Å². The Kier molecular flexibility index (Phi) is 12.0. The third-order valence-electron chi connectivity index (χ3n) is 8.48. The van der Waals surface area contributed by atoms with E-state index in [0.29, 0.717) is 24.6 Å². The molecule has 0 aromatic heterocycles. The van der Waals surface area contributed by atoms with Crippen LogP contribution in [-0.2, 0) is 20.7 Å². The van der Waals surface area contributed by atoms with E-state index in [0.717, 1.165) is 54.2 Å². The van der Waals surface area contributed by atoms with Crippen molar-refractivity contribution in [1.82, 2.24) is 0 Å². The first kappa shape index (κ1) is 33.1. The maximum Gasteiger partial charge on any atom is 0.328 e. The highest BCUT2D eigenvalue weighted by Gasteiger charge is 2.27. The highest BCUT2D eigenvalue weighted by Crippen LogP contribution is 2.32. The van der Waals surface area contributed by atoms with Crippen LogP contribution in [-0.4, -0.2) is 42.8 Å². The van der Waals surface area contributed by atoms with Gasteiger partial charge >= 0.3 is 5.97 Å². The second-order valence-electron chi connectivity index (χ2n) is 12.0. The summed E-state index contributed by atoms with van der Waals surface area (Å²) in [6.45, 7) is 14.6. The highest BCUT2D eigenvalue weighted by molar-refractivity contribution is 5.93. The predicted octanol–water partition coefficient (Wildman–Crippen LogP) is 7.76. The lowest BCUT2D eigenvalue weighted by Crippen LogP contribution is -2.39. The van der Waals surface area contributed by atoms with Gasteiger partial charge in [0, 0.05) is 5.69 Å². The molecule has 0 fully saturated rings. The second-order valence-corrected chi connectivity index (χ2v) is 12.0. The van der Waals surface area contributed by atoms with Gasteiger partial charge in [-0.25, -0.2) is 4.79 Å². The Hall–Kier alpha value is -3.38. The number of hydrogen-bond acceptors (Lipinski definition) is 5. The van der Waals surface area contributed by atoms with Crippen LogP contribution >= 0.6 is 0 Å². The first-order valence-corrected chi connectivity index (χ1v) is 15.4. The van der Waals surface area contributed by atoms with Crippen molar-refractivity contribution in [3.63, 3.8) is 0 Å². The zero-order valence-corrected chi connectivity index (χ0v) is 26.5. The van der Waals surface area contributed by atoms with Gasteiger partial charge in [0.05, 0.1) is 12.7 Å². The largest absolute Gasteiger partial charge is 0.491 e. The third kappa shape index (κ3) is 8.34. The number of carbonyl (C=O) groups excluding carboxylic acids is 2. The molecule has 3 unspecified atom stereocenters. The molecule has 1 amide bonds. The van der Waals surface area contributed by atoms with E-state index >= 15 is 0 Å². The van der Waals surface area contributed by atoms with Crippen molar-refractivity contribution in [3.8, 4) is 5.75 Å². The minimum Gasteiger partial charge on any atom is -0.491 e. The van der Waals surface area contributed by atoms with Gasteiger partial charge < -0.3 is 19.5 Å². The lowest BCUT2D eigenvalue weighted by molar-refractivity contribution is -0.144. The van der Waals surface area contributed by atoms with Gasteiger partial charge in [-0.1, -0.05) is 70.5 Å². The van der Waals surface area contributed by atoms with E-state index < -0.39 is 18.1 Å². The number of carbonyl (C=O) groups is 2. The van der Waals surface area contributed by atoms with Crippen molar-refractivity contribution in [3.05, 3.63) is 71.3 Å². The van der Waals surface area contributed by atoms with Gasteiger partial charge in [0.2, 0.25) is 6.41 Å². The molecule has 0 bridgehead atoms. The average molecular weight is 576 g/mol. The minimum atomic E-state index is -0.695. The summed E-state index contributed by atoms with van der Waals surface area (Å²) in [6.07, 6.45) is 5.19. The maximum atomic E-state index is 12.2. The summed E-state index contributed by atoms with van der Waals surface area (Å²) >= 11 is 0. The number of esters is 1. The van der Waals surface area contributed by atoms with Crippen molar-refractivity contribution in [1.29, 1.82) is 0 Å². The van der Waals surface area contributed by atoms with Crippen LogP contribution in [0, 0.1) is 12.3 Å². The maximum absolute atomic E-state index is 12.2. The quantitative estimate of drug-likeness (QED) is 0.140. The fourth-order valence-electron chi connectivity index (χ4n) is 5.59. The lowest BCUT2D eigenvalue weighted by Gasteiger charge is -2.30. The van der Waals surface area contributed by atoms with E-state index in [9.17, 15) is 14.7 Å². The molecule has 3 aromatic rings. The SMILES string of the molecule is CCCC(C)(C)C(O)COc1ccc(C(CC)CCc2ccc3cc(N(C=O)C(C)C(=O)OCC)ccc3c2)cc1C. The Balaban J connectivity index is 1.66. The molecule has 0 saturated carbocycles. The number of nitrogens with zero attached hydrogens (tertiary/aromatic N) is 1. The van der Waals surface area contributed by atoms with Gasteiger partial charge in [-0.05, 0) is 103 Å². The van der Waals surface area contributed by atoms with E-state index in [1.807, 2.05) is 24.3 Å². The van der Waals surface area contributed by atoms with Crippen LogP contribution in [0.25, 0.3) is 10.8 Å². The molecule has 3 atom stereocenters. The summed E-state index contributed by atoms with van der Waals surface area (Å²) in [5, 5.41) is 12.7. The molecule has 0 heterocycles. The van der Waals surface area contributed by atoms with Gasteiger partial charge in [-0.3, -0.25) is 4.79 Å². The number of hydrogen-bond donors (Lipinski definition) is 1. The second kappa shape index (κ2) is 15.2. The summed E-state index contributed by atoms with van der Waals surface area (Å²) in [6, 6.07) is 18.0. The molecule has 1 N–H and O–H groups in total. The Bertz CT molecular complexity index is 1330. The number of aliphatic hydroxyl groups is 1. The summed E-state index contributed by atoms with van der Waals surface area (Å²) in [5.74, 6) is 0.835. The van der Waals surface area contributed by atoms with Crippen molar-refractivity contribution in [2.24, 2.45) is 5.41 Å². The molecular formula is C36H49NO5. The van der Waals surface area contributed by atoms with Crippen molar-refractivity contribution < 1.29 is 24.2 Å². The van der Waals surface area contributed by atoms with E-state index in [-0.39, 0.29) is 12.0 Å². The number of aryl methyl sites for hydroxylation is 2. The molecule has 42 heavy (non-hydrogen) atoms. The number of anilines is 1. The average Bonchev–Trinajstić information content (AvgIpc) is 2.97. The van der Waals surface area contributed by atoms with E-state index in [1.54, 1.807) is 13.8 Å². The van der Waals surface area contributed by atoms with Crippen molar-refractivity contribution >= 4 is 28.8 Å². The number of aliphatic hydroxyl groups excluding tert-OH is 1. The molecule has 228 valence electrons. The van der Waals surface area contributed by atoms with Crippen LogP contribution in [0.1, 0.15) is 89.8 Å². The number of amides is 1. The molecule has 0 radical (unpaired) electrons. The normalized spacial score (nSPS) is 13.8. The Morgan fingerprint density at radius 2 is 1.74 bits per heavy atom. The molecule has 0 aliphatic carbocycles. The minimum absolute atomic E-state index is 0.167. The van der Waals surface area contributed by atoms with Crippen LogP contribution in [0.5, 0.6) is 5.75 Å². The highest BCUT2D eigenvalue weighted by atomic mass is 16.5. The molecular weight excluding hydrogens is 526 g/mol. The zero-order valence-electron chi connectivity index (χ0n) is 26.5. The summed E-state index contributed by atoms with van der Waals surface area (Å²) in [7, 11) is 0. The fourth-order valence-corrected chi connectivity index (χ4v) is 5.59. The molecule has 3 aromatic carbocycles. The van der Waals surface area contributed by atoms with Crippen molar-refractivity contribution in [2.45, 2.75) is 98.6 Å². The Morgan fingerprint density at radius 1 is 1.02 bits per heavy atom. The van der Waals surface area contributed by atoms with Crippen LogP contribution in [0.4, 0.5) is 5.69 Å². The fraction of sp³-hybridized carbons (Fsp3) is 0.500. The van der Waals surface area contributed by atoms with Crippen LogP contribution in [0.15, 0.2) is 54.6 Å². The predicted molar refractivity (Wildman–Crippen MR) is 171 cm³/mol. The third-order valence-corrected chi connectivity index (χ3v) is 8.48. The summed E-state index contributed by atoms with van der Waals surface area (Å²) in [4.78, 5) is 25.4. The molecule has 0 aliphatic heterocycles. The van der Waals surface area contributed by atoms with Crippen LogP contribution in [0.2, 0.25) is 0 Å². The molecule has 6 heteroatoms. The number of rotatable bonds is 16. The van der Waals surface area contributed by atoms with Gasteiger partial charge in [0.25, 0.3) is 0 Å². The molecule has 0 aliphatic rings. The van der Waals surface area contributed by atoms with E-state index in [4.69, 9.17) is 9.47 Å². The molecule has 6 nitrogen and oxygen atoms in total. The Labute approximate surface area is 252 Å². The standard InChI is InChI=1S/C36H49NO5/c1-8-19-36(6,7)34(39)23-42-33-18-16-29(20-25(33)4)28(9-2)13-11-27-12-14-31-22-32(17-15-30(31)21-27)37(24-38)26(5)35(40)41-10-3/h12,14-18,20-22,24,26,28,34,39H,8-11,13,19,23H2,1-7H3. The first-order chi connectivity index (χ1) is 20.0. The smallest absolute Gasteiger partial charge is 0.328 e. The number of ether oxygens (including phenoxy) is 2. The summed E-state index contributed by atoms with van der Waals surface area (Å²) < 4.78 is 11.1.